The highest BCUT2D eigenvalue weighted by Crippen LogP contribution is 2.04. The molecule has 3 nitrogen and oxygen atoms in total. The van der Waals surface area contributed by atoms with Crippen LogP contribution in [0.5, 0.6) is 0 Å². The Morgan fingerprint density at radius 3 is 1.89 bits per heavy atom. The van der Waals surface area contributed by atoms with Gasteiger partial charge in [0.2, 0.25) is 0 Å². The highest BCUT2D eigenvalue weighted by atomic mass is 16.4. The molecule has 0 rings (SSSR count). The maximum absolute atomic E-state index is 10.3. The fourth-order valence-electron chi connectivity index (χ4n) is 1.86. The molecule has 118 valence electrons. The summed E-state index contributed by atoms with van der Waals surface area (Å²) in [6.45, 7) is 8.39. The van der Waals surface area contributed by atoms with Crippen molar-refractivity contribution in [1.82, 2.24) is 5.32 Å². The predicted molar refractivity (Wildman–Crippen MR) is 85.8 cm³/mol. The normalized spacial score (nSPS) is 9.84. The molecule has 3 heteroatoms. The summed E-state index contributed by atoms with van der Waals surface area (Å²) < 4.78 is 0. The second-order valence-electron chi connectivity index (χ2n) is 4.72. The average Bonchev–Trinajstić information content (AvgIpc) is 2.42. The lowest BCUT2D eigenvalue weighted by molar-refractivity contribution is -0.137. The van der Waals surface area contributed by atoms with Gasteiger partial charge < -0.3 is 10.4 Å². The quantitative estimate of drug-likeness (QED) is 0.472. The minimum Gasteiger partial charge on any atom is -0.481 e. The summed E-state index contributed by atoms with van der Waals surface area (Å²) >= 11 is 0. The lowest BCUT2D eigenvalue weighted by Crippen LogP contribution is -2.16. The number of unbranched alkanes of at least 4 members (excludes halogenated alkanes) is 7. The SMILES string of the molecule is CC.CCCCCCCCNCCCCCC(=O)O.[HH]. The van der Waals surface area contributed by atoms with Gasteiger partial charge in [0.15, 0.2) is 0 Å². The van der Waals surface area contributed by atoms with E-state index in [-0.39, 0.29) is 1.43 Å². The third-order valence-corrected chi connectivity index (χ3v) is 2.95. The molecule has 0 amide bonds. The van der Waals surface area contributed by atoms with Crippen LogP contribution in [-0.4, -0.2) is 24.2 Å². The Morgan fingerprint density at radius 2 is 1.37 bits per heavy atom. The summed E-state index contributed by atoms with van der Waals surface area (Å²) in [6, 6.07) is 0. The van der Waals surface area contributed by atoms with Crippen molar-refractivity contribution < 1.29 is 11.3 Å². The molecule has 19 heavy (non-hydrogen) atoms. The molecule has 2 N–H and O–H groups in total. The van der Waals surface area contributed by atoms with Crippen molar-refractivity contribution in [1.29, 1.82) is 0 Å². The van der Waals surface area contributed by atoms with Crippen LogP contribution in [0.15, 0.2) is 0 Å². The topological polar surface area (TPSA) is 49.3 Å². The van der Waals surface area contributed by atoms with Crippen LogP contribution in [0.1, 0.15) is 86.4 Å². The number of hydrogen-bond donors (Lipinski definition) is 2. The minimum absolute atomic E-state index is 0. The van der Waals surface area contributed by atoms with Gasteiger partial charge in [-0.05, 0) is 32.4 Å². The zero-order valence-corrected chi connectivity index (χ0v) is 13.3. The molecular formula is C16H37NO2. The molecule has 0 aliphatic carbocycles. The molecule has 0 aliphatic heterocycles. The molecule has 0 radical (unpaired) electrons. The Balaban J connectivity index is -0.000000916. The molecule has 0 fully saturated rings. The summed E-state index contributed by atoms with van der Waals surface area (Å²) in [5, 5.41) is 11.9. The Kier molecular flexibility index (Phi) is 21.6. The number of nitrogens with one attached hydrogen (secondary N) is 1. The van der Waals surface area contributed by atoms with E-state index in [9.17, 15) is 4.79 Å². The summed E-state index contributed by atoms with van der Waals surface area (Å²) in [7, 11) is 0. The Morgan fingerprint density at radius 1 is 0.895 bits per heavy atom. The zero-order valence-electron chi connectivity index (χ0n) is 13.3. The van der Waals surface area contributed by atoms with Crippen LogP contribution < -0.4 is 5.32 Å². The number of carbonyl (C=O) groups is 1. The van der Waals surface area contributed by atoms with Crippen molar-refractivity contribution in [2.75, 3.05) is 13.1 Å². The van der Waals surface area contributed by atoms with Crippen molar-refractivity contribution in [3.63, 3.8) is 0 Å². The second-order valence-corrected chi connectivity index (χ2v) is 4.72. The van der Waals surface area contributed by atoms with E-state index in [4.69, 9.17) is 5.11 Å². The monoisotopic (exact) mass is 275 g/mol. The lowest BCUT2D eigenvalue weighted by atomic mass is 10.1. The van der Waals surface area contributed by atoms with E-state index in [1.807, 2.05) is 13.8 Å². The molecule has 0 saturated carbocycles. The Bertz CT molecular complexity index is 178. The molecule has 0 spiro atoms. The van der Waals surface area contributed by atoms with Crippen molar-refractivity contribution in [2.45, 2.75) is 85.0 Å². The number of carboxylic acid groups (broad SMARTS) is 1. The van der Waals surface area contributed by atoms with Crippen molar-refractivity contribution >= 4 is 5.97 Å². The minimum atomic E-state index is -0.676. The standard InChI is InChI=1S/C14H29NO2.C2H6.H2/c1-2-3-4-5-6-9-12-15-13-10-7-8-11-14(16)17;1-2;/h15H,2-13H2,1H3,(H,16,17);1-2H3;1H. The van der Waals surface area contributed by atoms with E-state index in [1.54, 1.807) is 0 Å². The first-order chi connectivity index (χ1) is 9.27. The first-order valence-electron chi connectivity index (χ1n) is 8.20. The molecule has 0 aromatic carbocycles. The van der Waals surface area contributed by atoms with Crippen molar-refractivity contribution in [3.05, 3.63) is 0 Å². The van der Waals surface area contributed by atoms with Crippen LogP contribution in [0, 0.1) is 0 Å². The first-order valence-corrected chi connectivity index (χ1v) is 8.20. The van der Waals surface area contributed by atoms with E-state index >= 15 is 0 Å². The van der Waals surface area contributed by atoms with Crippen LogP contribution in [-0.2, 0) is 4.79 Å². The lowest BCUT2D eigenvalue weighted by Gasteiger charge is -2.04. The molecule has 0 atom stereocenters. The molecule has 0 aromatic rings. The number of rotatable bonds is 13. The fraction of sp³-hybridized carbons (Fsp3) is 0.938. The van der Waals surface area contributed by atoms with Gasteiger partial charge >= 0.3 is 5.97 Å². The average molecular weight is 275 g/mol. The van der Waals surface area contributed by atoms with Gasteiger partial charge in [-0.1, -0.05) is 59.3 Å². The summed E-state index contributed by atoms with van der Waals surface area (Å²) in [6.07, 6.45) is 11.3. The van der Waals surface area contributed by atoms with Gasteiger partial charge in [0.05, 0.1) is 0 Å². The van der Waals surface area contributed by atoms with Crippen LogP contribution in [0.2, 0.25) is 0 Å². The molecule has 0 saturated heterocycles. The number of aliphatic carboxylic acids is 1. The molecule has 0 unspecified atom stereocenters. The van der Waals surface area contributed by atoms with Crippen LogP contribution in [0.3, 0.4) is 0 Å². The van der Waals surface area contributed by atoms with Gasteiger partial charge in [-0.25, -0.2) is 0 Å². The van der Waals surface area contributed by atoms with Gasteiger partial charge in [-0.15, -0.1) is 0 Å². The third kappa shape index (κ3) is 23.0. The van der Waals surface area contributed by atoms with Gasteiger partial charge in [0, 0.05) is 7.85 Å². The van der Waals surface area contributed by atoms with Crippen LogP contribution in [0.4, 0.5) is 0 Å². The number of hydrogen-bond acceptors (Lipinski definition) is 2. The van der Waals surface area contributed by atoms with E-state index < -0.39 is 5.97 Å². The smallest absolute Gasteiger partial charge is 0.303 e. The van der Waals surface area contributed by atoms with Gasteiger partial charge in [0.25, 0.3) is 0 Å². The Hall–Kier alpha value is -0.570. The third-order valence-electron chi connectivity index (χ3n) is 2.95. The molecule has 0 heterocycles. The maximum Gasteiger partial charge on any atom is 0.303 e. The van der Waals surface area contributed by atoms with Crippen LogP contribution in [0.25, 0.3) is 0 Å². The highest BCUT2D eigenvalue weighted by molar-refractivity contribution is 5.66. The van der Waals surface area contributed by atoms with Gasteiger partial charge in [-0.3, -0.25) is 4.79 Å². The summed E-state index contributed by atoms with van der Waals surface area (Å²) in [5.74, 6) is -0.676. The van der Waals surface area contributed by atoms with Gasteiger partial charge in [-0.2, -0.15) is 0 Å². The maximum atomic E-state index is 10.3. The zero-order chi connectivity index (χ0) is 14.8. The molecule has 0 bridgehead atoms. The summed E-state index contributed by atoms with van der Waals surface area (Å²) in [4.78, 5) is 10.3. The fourth-order valence-corrected chi connectivity index (χ4v) is 1.86. The predicted octanol–water partition coefficient (Wildman–Crippen LogP) is 4.85. The highest BCUT2D eigenvalue weighted by Gasteiger charge is 1.96. The van der Waals surface area contributed by atoms with Crippen LogP contribution >= 0.6 is 0 Å². The van der Waals surface area contributed by atoms with E-state index in [0.29, 0.717) is 6.42 Å². The van der Waals surface area contributed by atoms with E-state index in [1.165, 1.54) is 38.5 Å². The molecule has 0 aromatic heterocycles. The number of carboxylic acids is 1. The largest absolute Gasteiger partial charge is 0.481 e. The van der Waals surface area contributed by atoms with E-state index in [2.05, 4.69) is 12.2 Å². The molecular weight excluding hydrogens is 238 g/mol. The summed E-state index contributed by atoms with van der Waals surface area (Å²) in [5.41, 5.74) is 0. The Labute approximate surface area is 121 Å². The second kappa shape index (κ2) is 19.8. The molecule has 0 aliphatic rings. The van der Waals surface area contributed by atoms with Gasteiger partial charge in [0.1, 0.15) is 0 Å². The van der Waals surface area contributed by atoms with Crippen molar-refractivity contribution in [3.8, 4) is 0 Å². The van der Waals surface area contributed by atoms with Crippen molar-refractivity contribution in [2.24, 2.45) is 0 Å². The van der Waals surface area contributed by atoms with E-state index in [0.717, 1.165) is 32.4 Å². The first kappa shape index (κ1) is 20.7.